The van der Waals surface area contributed by atoms with E-state index in [-0.39, 0.29) is 6.04 Å². The second-order valence-electron chi connectivity index (χ2n) is 3.78. The highest BCUT2D eigenvalue weighted by Gasteiger charge is 2.12. The largest absolute Gasteiger partial charge is 0.311 e. The van der Waals surface area contributed by atoms with E-state index >= 15 is 0 Å². The SMILES string of the molecule is CNC(Cc1ccn(C)n1)c1ccccn1. The predicted molar refractivity (Wildman–Crippen MR) is 62.9 cm³/mol. The molecule has 0 radical (unpaired) electrons. The highest BCUT2D eigenvalue weighted by Crippen LogP contribution is 2.14. The number of nitrogens with one attached hydrogen (secondary N) is 1. The molecule has 16 heavy (non-hydrogen) atoms. The molecular formula is C12H16N4. The topological polar surface area (TPSA) is 42.7 Å². The van der Waals surface area contributed by atoms with Crippen molar-refractivity contribution in [3.8, 4) is 0 Å². The fraction of sp³-hybridized carbons (Fsp3) is 0.333. The van der Waals surface area contributed by atoms with Gasteiger partial charge in [-0.2, -0.15) is 5.10 Å². The normalized spacial score (nSPS) is 12.6. The average molecular weight is 216 g/mol. The summed E-state index contributed by atoms with van der Waals surface area (Å²) >= 11 is 0. The molecule has 0 aliphatic heterocycles. The molecule has 0 spiro atoms. The van der Waals surface area contributed by atoms with Crippen LogP contribution < -0.4 is 5.32 Å². The van der Waals surface area contributed by atoms with E-state index in [0.29, 0.717) is 0 Å². The van der Waals surface area contributed by atoms with Gasteiger partial charge in [0.2, 0.25) is 0 Å². The van der Waals surface area contributed by atoms with Gasteiger partial charge in [-0.3, -0.25) is 9.67 Å². The zero-order valence-electron chi connectivity index (χ0n) is 9.59. The third-order valence-electron chi connectivity index (χ3n) is 2.58. The summed E-state index contributed by atoms with van der Waals surface area (Å²) in [7, 11) is 3.88. The van der Waals surface area contributed by atoms with Crippen LogP contribution in [0.1, 0.15) is 17.4 Å². The van der Waals surface area contributed by atoms with Crippen LogP contribution in [0.4, 0.5) is 0 Å². The molecule has 1 N–H and O–H groups in total. The number of rotatable bonds is 4. The molecule has 0 fully saturated rings. The molecular weight excluding hydrogens is 200 g/mol. The molecule has 0 aliphatic rings. The molecule has 84 valence electrons. The van der Waals surface area contributed by atoms with E-state index in [1.165, 1.54) is 0 Å². The number of pyridine rings is 1. The lowest BCUT2D eigenvalue weighted by atomic mass is 10.1. The molecule has 4 heteroatoms. The molecule has 2 aromatic rings. The Balaban J connectivity index is 2.12. The lowest BCUT2D eigenvalue weighted by molar-refractivity contribution is 0.563. The molecule has 0 amide bonds. The van der Waals surface area contributed by atoms with Gasteiger partial charge in [0, 0.05) is 25.9 Å². The molecule has 2 rings (SSSR count). The van der Waals surface area contributed by atoms with Gasteiger partial charge in [0.1, 0.15) is 0 Å². The van der Waals surface area contributed by atoms with Crippen LogP contribution in [-0.2, 0) is 13.5 Å². The Morgan fingerprint density at radius 1 is 1.38 bits per heavy atom. The lowest BCUT2D eigenvalue weighted by Crippen LogP contribution is -2.20. The van der Waals surface area contributed by atoms with E-state index in [4.69, 9.17) is 0 Å². The van der Waals surface area contributed by atoms with E-state index in [9.17, 15) is 0 Å². The Hall–Kier alpha value is -1.68. The predicted octanol–water partition coefficient (Wildman–Crippen LogP) is 1.32. The van der Waals surface area contributed by atoms with Crippen molar-refractivity contribution in [3.05, 3.63) is 48.0 Å². The summed E-state index contributed by atoms with van der Waals surface area (Å²) in [6, 6.07) is 8.22. The first-order chi connectivity index (χ1) is 7.79. The van der Waals surface area contributed by atoms with E-state index in [2.05, 4.69) is 15.4 Å². The molecule has 1 unspecified atom stereocenters. The maximum absolute atomic E-state index is 4.37. The number of nitrogens with zero attached hydrogens (tertiary/aromatic N) is 3. The van der Waals surface area contributed by atoms with E-state index in [1.54, 1.807) is 0 Å². The standard InChI is InChI=1S/C12H16N4/c1-13-12(11-5-3-4-7-14-11)9-10-6-8-16(2)15-10/h3-8,12-13H,9H2,1-2H3. The Bertz CT molecular complexity index is 435. The van der Waals surface area contributed by atoms with Crippen LogP contribution in [0.2, 0.25) is 0 Å². The van der Waals surface area contributed by atoms with E-state index in [1.807, 2.05) is 55.4 Å². The van der Waals surface area contributed by atoms with Crippen molar-refractivity contribution in [1.82, 2.24) is 20.1 Å². The molecule has 0 bridgehead atoms. The van der Waals surface area contributed by atoms with Gasteiger partial charge < -0.3 is 5.32 Å². The van der Waals surface area contributed by atoms with Crippen molar-refractivity contribution in [3.63, 3.8) is 0 Å². The van der Waals surface area contributed by atoms with E-state index in [0.717, 1.165) is 17.8 Å². The quantitative estimate of drug-likeness (QED) is 0.838. The van der Waals surface area contributed by atoms with Gasteiger partial charge in [0.25, 0.3) is 0 Å². The van der Waals surface area contributed by atoms with Crippen LogP contribution >= 0.6 is 0 Å². The van der Waals surface area contributed by atoms with Gasteiger partial charge >= 0.3 is 0 Å². The molecule has 2 heterocycles. The van der Waals surface area contributed by atoms with Gasteiger partial charge in [-0.05, 0) is 25.2 Å². The Morgan fingerprint density at radius 3 is 2.81 bits per heavy atom. The minimum Gasteiger partial charge on any atom is -0.311 e. The third kappa shape index (κ3) is 2.46. The van der Waals surface area contributed by atoms with Crippen LogP contribution in [0.25, 0.3) is 0 Å². The van der Waals surface area contributed by atoms with Crippen molar-refractivity contribution >= 4 is 0 Å². The van der Waals surface area contributed by atoms with Gasteiger partial charge in [-0.25, -0.2) is 0 Å². The maximum atomic E-state index is 4.37. The van der Waals surface area contributed by atoms with Gasteiger partial charge in [0.05, 0.1) is 17.4 Å². The minimum atomic E-state index is 0.219. The summed E-state index contributed by atoms with van der Waals surface area (Å²) in [5.41, 5.74) is 2.13. The average Bonchev–Trinajstić information content (AvgIpc) is 2.73. The Morgan fingerprint density at radius 2 is 2.25 bits per heavy atom. The fourth-order valence-electron chi connectivity index (χ4n) is 1.72. The first kappa shape index (κ1) is 10.8. The monoisotopic (exact) mass is 216 g/mol. The second-order valence-corrected chi connectivity index (χ2v) is 3.78. The Kier molecular flexibility index (Phi) is 3.31. The molecule has 0 aliphatic carbocycles. The molecule has 2 aromatic heterocycles. The van der Waals surface area contributed by atoms with E-state index < -0.39 is 0 Å². The summed E-state index contributed by atoms with van der Waals surface area (Å²) in [6.45, 7) is 0. The summed E-state index contributed by atoms with van der Waals surface area (Å²) in [5, 5.41) is 7.64. The van der Waals surface area contributed by atoms with Crippen molar-refractivity contribution < 1.29 is 0 Å². The van der Waals surface area contributed by atoms with Crippen LogP contribution in [-0.4, -0.2) is 21.8 Å². The van der Waals surface area contributed by atoms with Crippen LogP contribution in [0, 0.1) is 0 Å². The molecule has 4 nitrogen and oxygen atoms in total. The number of hydrogen-bond donors (Lipinski definition) is 1. The number of aromatic nitrogens is 3. The molecule has 0 aromatic carbocycles. The fourth-order valence-corrected chi connectivity index (χ4v) is 1.72. The van der Waals surface area contributed by atoms with Gasteiger partial charge in [-0.15, -0.1) is 0 Å². The Labute approximate surface area is 95.3 Å². The highest BCUT2D eigenvalue weighted by atomic mass is 15.2. The molecule has 0 saturated heterocycles. The highest BCUT2D eigenvalue weighted by molar-refractivity contribution is 5.12. The molecule has 0 saturated carbocycles. The van der Waals surface area contributed by atoms with Crippen LogP contribution in [0.5, 0.6) is 0 Å². The first-order valence-electron chi connectivity index (χ1n) is 5.36. The lowest BCUT2D eigenvalue weighted by Gasteiger charge is -2.13. The van der Waals surface area contributed by atoms with Crippen molar-refractivity contribution in [1.29, 1.82) is 0 Å². The number of aryl methyl sites for hydroxylation is 1. The van der Waals surface area contributed by atoms with Gasteiger partial charge in [-0.1, -0.05) is 6.07 Å². The van der Waals surface area contributed by atoms with Crippen molar-refractivity contribution in [2.24, 2.45) is 7.05 Å². The summed E-state index contributed by atoms with van der Waals surface area (Å²) in [5.74, 6) is 0. The second kappa shape index (κ2) is 4.90. The number of hydrogen-bond acceptors (Lipinski definition) is 3. The van der Waals surface area contributed by atoms with Crippen LogP contribution in [0.3, 0.4) is 0 Å². The third-order valence-corrected chi connectivity index (χ3v) is 2.58. The number of likely N-dealkylation sites (N-methyl/N-ethyl adjacent to an activating group) is 1. The van der Waals surface area contributed by atoms with Gasteiger partial charge in [0.15, 0.2) is 0 Å². The first-order valence-corrected chi connectivity index (χ1v) is 5.36. The van der Waals surface area contributed by atoms with Crippen LogP contribution in [0.15, 0.2) is 36.7 Å². The van der Waals surface area contributed by atoms with Crippen molar-refractivity contribution in [2.75, 3.05) is 7.05 Å². The molecule has 1 atom stereocenters. The smallest absolute Gasteiger partial charge is 0.0644 e. The summed E-state index contributed by atoms with van der Waals surface area (Å²) in [6.07, 6.45) is 4.63. The van der Waals surface area contributed by atoms with Crippen molar-refractivity contribution in [2.45, 2.75) is 12.5 Å². The summed E-state index contributed by atoms with van der Waals surface area (Å²) in [4.78, 5) is 4.36. The zero-order valence-corrected chi connectivity index (χ0v) is 9.59. The zero-order chi connectivity index (χ0) is 11.4. The maximum Gasteiger partial charge on any atom is 0.0644 e. The summed E-state index contributed by atoms with van der Waals surface area (Å²) < 4.78 is 1.82. The minimum absolute atomic E-state index is 0.219.